The summed E-state index contributed by atoms with van der Waals surface area (Å²) in [5.41, 5.74) is 5.97. The molecular weight excluding hydrogens is 372 g/mol. The minimum Gasteiger partial charge on any atom is -0.449 e. The lowest BCUT2D eigenvalue weighted by molar-refractivity contribution is -0.384. The number of halogens is 1. The molecule has 0 radical (unpaired) electrons. The van der Waals surface area contributed by atoms with E-state index in [2.05, 4.69) is 9.69 Å². The molecule has 0 bridgehead atoms. The number of aromatic nitrogens is 1. The SMILES string of the molecule is Cc1nsc(N)c1C(=O)OC(C)C(=O)Nc1cc([N+](=O)[O-])ccc1Cl. The summed E-state index contributed by atoms with van der Waals surface area (Å²) in [5, 5.41) is 13.5. The molecule has 2 aromatic rings. The number of nitrogens with zero attached hydrogens (tertiary/aromatic N) is 2. The van der Waals surface area contributed by atoms with Gasteiger partial charge >= 0.3 is 5.97 Å². The third kappa shape index (κ3) is 4.22. The number of carbonyl (C=O) groups is 2. The van der Waals surface area contributed by atoms with Gasteiger partial charge in [-0.25, -0.2) is 4.79 Å². The average molecular weight is 385 g/mol. The molecule has 0 spiro atoms. The second-order valence-electron chi connectivity index (χ2n) is 4.97. The van der Waals surface area contributed by atoms with Crippen LogP contribution in [0.25, 0.3) is 0 Å². The molecule has 1 unspecified atom stereocenters. The number of nitrogen functional groups attached to an aromatic ring is 1. The molecule has 1 aromatic heterocycles. The molecule has 1 atom stereocenters. The number of nitro groups is 1. The Morgan fingerprint density at radius 2 is 2.16 bits per heavy atom. The first-order valence-corrected chi connectivity index (χ1v) is 8.03. The van der Waals surface area contributed by atoms with Crippen molar-refractivity contribution < 1.29 is 19.2 Å². The van der Waals surface area contributed by atoms with Gasteiger partial charge in [0.25, 0.3) is 11.6 Å². The van der Waals surface area contributed by atoms with E-state index in [9.17, 15) is 19.7 Å². The number of rotatable bonds is 5. The molecule has 0 aliphatic carbocycles. The van der Waals surface area contributed by atoms with E-state index in [1.54, 1.807) is 6.92 Å². The summed E-state index contributed by atoms with van der Waals surface area (Å²) in [6.45, 7) is 2.95. The molecule has 1 amide bonds. The first kappa shape index (κ1) is 18.6. The number of esters is 1. The number of ether oxygens (including phenoxy) is 1. The molecule has 0 aliphatic rings. The number of hydrogen-bond acceptors (Lipinski definition) is 8. The Morgan fingerprint density at radius 1 is 1.48 bits per heavy atom. The number of hydrogen-bond donors (Lipinski definition) is 2. The Labute approximate surface area is 151 Å². The lowest BCUT2D eigenvalue weighted by Gasteiger charge is -2.14. The molecule has 1 aromatic carbocycles. The van der Waals surface area contributed by atoms with Gasteiger partial charge in [-0.15, -0.1) is 0 Å². The van der Waals surface area contributed by atoms with Gasteiger partial charge in [0, 0.05) is 12.1 Å². The standard InChI is InChI=1S/C14H13ClN4O5S/c1-6-11(12(16)25-18-6)14(21)24-7(2)13(20)17-10-5-8(19(22)23)3-4-9(10)15/h3-5,7H,16H2,1-2H3,(H,17,20). The van der Waals surface area contributed by atoms with E-state index in [0.717, 1.165) is 17.6 Å². The molecule has 9 nitrogen and oxygen atoms in total. The van der Waals surface area contributed by atoms with E-state index >= 15 is 0 Å². The van der Waals surface area contributed by atoms with Crippen molar-refractivity contribution >= 4 is 51.4 Å². The predicted molar refractivity (Wildman–Crippen MR) is 92.9 cm³/mol. The Hall–Kier alpha value is -2.72. The van der Waals surface area contributed by atoms with Crippen molar-refractivity contribution in [2.45, 2.75) is 20.0 Å². The molecule has 25 heavy (non-hydrogen) atoms. The first-order chi connectivity index (χ1) is 11.7. The maximum absolute atomic E-state index is 12.2. The van der Waals surface area contributed by atoms with Gasteiger partial charge in [-0.3, -0.25) is 14.9 Å². The smallest absolute Gasteiger partial charge is 0.343 e. The molecule has 1 heterocycles. The maximum Gasteiger partial charge on any atom is 0.343 e. The quantitative estimate of drug-likeness (QED) is 0.459. The van der Waals surface area contributed by atoms with Crippen LogP contribution in [-0.4, -0.2) is 27.3 Å². The number of nitro benzene ring substituents is 1. The van der Waals surface area contributed by atoms with Gasteiger partial charge < -0.3 is 15.8 Å². The van der Waals surface area contributed by atoms with Crippen LogP contribution in [0.1, 0.15) is 23.0 Å². The maximum atomic E-state index is 12.2. The highest BCUT2D eigenvalue weighted by atomic mass is 35.5. The van der Waals surface area contributed by atoms with Gasteiger partial charge in [-0.1, -0.05) is 11.6 Å². The van der Waals surface area contributed by atoms with E-state index in [-0.39, 0.29) is 27.0 Å². The zero-order valence-corrected chi connectivity index (χ0v) is 14.7. The third-order valence-corrected chi connectivity index (χ3v) is 4.26. The van der Waals surface area contributed by atoms with Crippen molar-refractivity contribution in [1.29, 1.82) is 0 Å². The van der Waals surface area contributed by atoms with Gasteiger partial charge in [0.1, 0.15) is 10.6 Å². The van der Waals surface area contributed by atoms with Crippen molar-refractivity contribution in [3.05, 3.63) is 44.6 Å². The summed E-state index contributed by atoms with van der Waals surface area (Å²) >= 11 is 6.86. The Kier molecular flexibility index (Phi) is 5.55. The Morgan fingerprint density at radius 3 is 2.72 bits per heavy atom. The lowest BCUT2D eigenvalue weighted by atomic mass is 10.2. The van der Waals surface area contributed by atoms with Crippen LogP contribution < -0.4 is 11.1 Å². The monoisotopic (exact) mass is 384 g/mol. The van der Waals surface area contributed by atoms with Crippen molar-refractivity contribution in [2.75, 3.05) is 11.1 Å². The lowest BCUT2D eigenvalue weighted by Crippen LogP contribution is -2.30. The summed E-state index contributed by atoms with van der Waals surface area (Å²) in [5.74, 6) is -1.48. The summed E-state index contributed by atoms with van der Waals surface area (Å²) < 4.78 is 9.00. The van der Waals surface area contributed by atoms with Crippen LogP contribution in [0, 0.1) is 17.0 Å². The first-order valence-electron chi connectivity index (χ1n) is 6.88. The molecule has 0 saturated heterocycles. The van der Waals surface area contributed by atoms with Gasteiger partial charge in [-0.05, 0) is 31.4 Å². The van der Waals surface area contributed by atoms with Gasteiger partial charge in [0.05, 0.1) is 21.3 Å². The Bertz CT molecular complexity index is 834. The minimum atomic E-state index is -1.18. The summed E-state index contributed by atoms with van der Waals surface area (Å²) in [4.78, 5) is 34.4. The largest absolute Gasteiger partial charge is 0.449 e. The van der Waals surface area contributed by atoms with Crippen molar-refractivity contribution in [2.24, 2.45) is 0 Å². The fourth-order valence-electron chi connectivity index (χ4n) is 1.87. The van der Waals surface area contributed by atoms with Crippen LogP contribution in [0.2, 0.25) is 5.02 Å². The van der Waals surface area contributed by atoms with Crippen LogP contribution in [0.5, 0.6) is 0 Å². The molecule has 0 saturated carbocycles. The molecule has 3 N–H and O–H groups in total. The number of nitrogens with one attached hydrogen (secondary N) is 1. The second-order valence-corrected chi connectivity index (χ2v) is 6.18. The molecule has 0 fully saturated rings. The number of aryl methyl sites for hydroxylation is 1. The number of carbonyl (C=O) groups excluding carboxylic acids is 2. The van der Waals surface area contributed by atoms with Crippen molar-refractivity contribution in [3.8, 4) is 0 Å². The fourth-order valence-corrected chi connectivity index (χ4v) is 2.68. The van der Waals surface area contributed by atoms with E-state index in [4.69, 9.17) is 22.1 Å². The molecule has 2 rings (SSSR count). The highest BCUT2D eigenvalue weighted by molar-refractivity contribution is 7.10. The number of nitrogens with two attached hydrogens (primary N) is 1. The topological polar surface area (TPSA) is 137 Å². The van der Waals surface area contributed by atoms with E-state index in [1.165, 1.54) is 19.1 Å². The van der Waals surface area contributed by atoms with Crippen LogP contribution in [0.4, 0.5) is 16.4 Å². The second kappa shape index (κ2) is 7.45. The van der Waals surface area contributed by atoms with E-state index in [1.807, 2.05) is 0 Å². The molecule has 132 valence electrons. The highest BCUT2D eigenvalue weighted by Gasteiger charge is 2.24. The van der Waals surface area contributed by atoms with Crippen LogP contribution in [-0.2, 0) is 9.53 Å². The third-order valence-electron chi connectivity index (χ3n) is 3.16. The van der Waals surface area contributed by atoms with Crippen LogP contribution in [0.3, 0.4) is 0 Å². The molecule has 0 aliphatic heterocycles. The van der Waals surface area contributed by atoms with E-state index < -0.39 is 22.9 Å². The van der Waals surface area contributed by atoms with Gasteiger partial charge in [0.2, 0.25) is 0 Å². The summed E-state index contributed by atoms with van der Waals surface area (Å²) in [6.07, 6.45) is -1.18. The number of benzene rings is 1. The molecular formula is C14H13ClN4O5S. The Balaban J connectivity index is 2.09. The summed E-state index contributed by atoms with van der Waals surface area (Å²) in [7, 11) is 0. The van der Waals surface area contributed by atoms with Gasteiger partial charge in [-0.2, -0.15) is 4.37 Å². The predicted octanol–water partition coefficient (Wildman–Crippen LogP) is 2.78. The van der Waals surface area contributed by atoms with Crippen LogP contribution in [0.15, 0.2) is 18.2 Å². The van der Waals surface area contributed by atoms with E-state index in [0.29, 0.717) is 5.69 Å². The molecule has 11 heteroatoms. The average Bonchev–Trinajstić information content (AvgIpc) is 2.87. The zero-order valence-electron chi connectivity index (χ0n) is 13.1. The highest BCUT2D eigenvalue weighted by Crippen LogP contribution is 2.27. The number of amides is 1. The zero-order chi connectivity index (χ0) is 18.7. The van der Waals surface area contributed by atoms with Crippen molar-refractivity contribution in [1.82, 2.24) is 4.37 Å². The van der Waals surface area contributed by atoms with Gasteiger partial charge in [0.15, 0.2) is 6.10 Å². The number of non-ortho nitro benzene ring substituents is 1. The normalized spacial score (nSPS) is 11.6. The van der Waals surface area contributed by atoms with Crippen molar-refractivity contribution in [3.63, 3.8) is 0 Å². The minimum absolute atomic E-state index is 0.0386. The fraction of sp³-hybridized carbons (Fsp3) is 0.214. The van der Waals surface area contributed by atoms with Crippen LogP contribution >= 0.6 is 23.1 Å². The summed E-state index contributed by atoms with van der Waals surface area (Å²) in [6, 6.07) is 3.60. The number of anilines is 2.